The molecular weight excluding hydrogens is 220 g/mol. The van der Waals surface area contributed by atoms with Crippen LogP contribution in [0.1, 0.15) is 33.3 Å². The predicted molar refractivity (Wildman–Crippen MR) is 67.0 cm³/mol. The maximum absolute atomic E-state index is 13.4. The molecule has 0 spiro atoms. The van der Waals surface area contributed by atoms with Crippen LogP contribution in [0.15, 0.2) is 18.2 Å². The second-order valence-corrected chi connectivity index (χ2v) is 5.65. The van der Waals surface area contributed by atoms with Crippen LogP contribution < -0.4 is 5.32 Å². The van der Waals surface area contributed by atoms with Crippen LogP contribution in [0.3, 0.4) is 0 Å². The Balaban J connectivity index is 2.56. The Bertz CT molecular complexity index is 369. The van der Waals surface area contributed by atoms with Crippen molar-refractivity contribution in [2.75, 3.05) is 6.54 Å². The Kier molecular flexibility index (Phi) is 4.63. The Labute approximate surface area is 102 Å². The number of nitrogens with one attached hydrogen (secondary N) is 1. The van der Waals surface area contributed by atoms with Crippen LogP contribution in [0.2, 0.25) is 0 Å². The summed E-state index contributed by atoms with van der Waals surface area (Å²) in [6.45, 7) is 9.08. The van der Waals surface area contributed by atoms with Crippen LogP contribution >= 0.6 is 0 Å². The molecule has 0 saturated carbocycles. The van der Waals surface area contributed by atoms with E-state index in [0.29, 0.717) is 12.0 Å². The van der Waals surface area contributed by atoms with Crippen LogP contribution in [-0.4, -0.2) is 12.1 Å². The number of rotatable bonds is 4. The van der Waals surface area contributed by atoms with Crippen LogP contribution in [0.4, 0.5) is 8.78 Å². The van der Waals surface area contributed by atoms with Crippen LogP contribution in [-0.2, 0) is 6.42 Å². The van der Waals surface area contributed by atoms with Gasteiger partial charge in [0.05, 0.1) is 0 Å². The van der Waals surface area contributed by atoms with E-state index in [1.54, 1.807) is 12.1 Å². The van der Waals surface area contributed by atoms with Gasteiger partial charge in [0.25, 0.3) is 0 Å². The molecule has 0 heterocycles. The maximum Gasteiger partial charge on any atom is 0.162 e. The summed E-state index contributed by atoms with van der Waals surface area (Å²) in [5.74, 6) is -1.21. The molecular formula is C14H21F2N. The van der Waals surface area contributed by atoms with E-state index in [-0.39, 0.29) is 11.5 Å². The molecule has 0 saturated heterocycles. The maximum atomic E-state index is 13.4. The Morgan fingerprint density at radius 1 is 1.24 bits per heavy atom. The fraction of sp³-hybridized carbons (Fsp3) is 0.571. The molecule has 96 valence electrons. The summed E-state index contributed by atoms with van der Waals surface area (Å²) in [4.78, 5) is 0. The highest BCUT2D eigenvalue weighted by atomic mass is 19.2. The van der Waals surface area contributed by atoms with Gasteiger partial charge in [-0.15, -0.1) is 0 Å². The van der Waals surface area contributed by atoms with Gasteiger partial charge in [0.1, 0.15) is 0 Å². The van der Waals surface area contributed by atoms with Crippen molar-refractivity contribution in [3.05, 3.63) is 35.4 Å². The fourth-order valence-electron chi connectivity index (χ4n) is 1.63. The van der Waals surface area contributed by atoms with E-state index < -0.39 is 11.6 Å². The Hall–Kier alpha value is -0.960. The van der Waals surface area contributed by atoms with Crippen LogP contribution in [0, 0.1) is 17.6 Å². The highest BCUT2D eigenvalue weighted by molar-refractivity contribution is 5.19. The average Bonchev–Trinajstić information content (AvgIpc) is 2.21. The third-order valence-corrected chi connectivity index (χ3v) is 2.58. The van der Waals surface area contributed by atoms with Gasteiger partial charge in [0, 0.05) is 5.54 Å². The molecule has 1 aromatic rings. The van der Waals surface area contributed by atoms with Crippen LogP contribution in [0.5, 0.6) is 0 Å². The molecule has 1 aromatic carbocycles. The molecule has 1 N–H and O–H groups in total. The highest BCUT2D eigenvalue weighted by Crippen LogP contribution is 2.15. The molecule has 1 unspecified atom stereocenters. The van der Waals surface area contributed by atoms with E-state index in [1.165, 1.54) is 0 Å². The fourth-order valence-corrected chi connectivity index (χ4v) is 1.63. The molecule has 0 aliphatic heterocycles. The lowest BCUT2D eigenvalue weighted by molar-refractivity contribution is 0.378. The summed E-state index contributed by atoms with van der Waals surface area (Å²) in [5.41, 5.74) is 0.502. The van der Waals surface area contributed by atoms with Crippen molar-refractivity contribution in [3.8, 4) is 0 Å². The highest BCUT2D eigenvalue weighted by Gasteiger charge is 2.14. The van der Waals surface area contributed by atoms with E-state index in [0.717, 1.165) is 12.6 Å². The lowest BCUT2D eigenvalue weighted by Gasteiger charge is -2.23. The molecule has 1 atom stereocenters. The standard InChI is InChI=1S/C14H21F2N/c1-10(9-17-14(2,3)4)8-11-6-5-7-12(15)13(11)16/h5-7,10,17H,8-9H2,1-4H3. The summed E-state index contributed by atoms with van der Waals surface area (Å²) in [6, 6.07) is 4.35. The first-order valence-corrected chi connectivity index (χ1v) is 5.97. The lowest BCUT2D eigenvalue weighted by atomic mass is 9.99. The third kappa shape index (κ3) is 4.82. The third-order valence-electron chi connectivity index (χ3n) is 2.58. The number of halogens is 2. The minimum atomic E-state index is -0.765. The van der Waals surface area contributed by atoms with Gasteiger partial charge in [0.15, 0.2) is 11.6 Å². The molecule has 0 amide bonds. The summed E-state index contributed by atoms with van der Waals surface area (Å²) in [5, 5.41) is 3.36. The molecule has 1 nitrogen and oxygen atoms in total. The first kappa shape index (κ1) is 14.1. The quantitative estimate of drug-likeness (QED) is 0.850. The summed E-state index contributed by atoms with van der Waals surface area (Å²) in [7, 11) is 0. The average molecular weight is 241 g/mol. The van der Waals surface area contributed by atoms with Crippen molar-refractivity contribution in [3.63, 3.8) is 0 Å². The number of hydrogen-bond acceptors (Lipinski definition) is 1. The first-order chi connectivity index (χ1) is 7.79. The van der Waals surface area contributed by atoms with E-state index >= 15 is 0 Å². The van der Waals surface area contributed by atoms with Gasteiger partial charge >= 0.3 is 0 Å². The smallest absolute Gasteiger partial charge is 0.162 e. The Morgan fingerprint density at radius 2 is 1.88 bits per heavy atom. The van der Waals surface area contributed by atoms with Gasteiger partial charge in [-0.05, 0) is 51.3 Å². The van der Waals surface area contributed by atoms with Gasteiger partial charge in [-0.2, -0.15) is 0 Å². The van der Waals surface area contributed by atoms with Crippen molar-refractivity contribution in [2.24, 2.45) is 5.92 Å². The van der Waals surface area contributed by atoms with E-state index in [4.69, 9.17) is 0 Å². The van der Waals surface area contributed by atoms with Crippen molar-refractivity contribution < 1.29 is 8.78 Å². The van der Waals surface area contributed by atoms with Crippen molar-refractivity contribution in [1.29, 1.82) is 0 Å². The molecule has 0 aliphatic carbocycles. The molecule has 3 heteroatoms. The van der Waals surface area contributed by atoms with Crippen molar-refractivity contribution >= 4 is 0 Å². The molecule has 17 heavy (non-hydrogen) atoms. The van der Waals surface area contributed by atoms with E-state index in [2.05, 4.69) is 26.1 Å². The second-order valence-electron chi connectivity index (χ2n) is 5.65. The monoisotopic (exact) mass is 241 g/mol. The second kappa shape index (κ2) is 5.58. The number of benzene rings is 1. The first-order valence-electron chi connectivity index (χ1n) is 5.97. The number of hydrogen-bond donors (Lipinski definition) is 1. The SMILES string of the molecule is CC(CNC(C)(C)C)Cc1cccc(F)c1F. The van der Waals surface area contributed by atoms with Gasteiger partial charge < -0.3 is 5.32 Å². The van der Waals surface area contributed by atoms with Gasteiger partial charge in [-0.3, -0.25) is 0 Å². The topological polar surface area (TPSA) is 12.0 Å². The molecule has 0 radical (unpaired) electrons. The lowest BCUT2D eigenvalue weighted by Crippen LogP contribution is -2.39. The molecule has 1 rings (SSSR count). The normalized spacial score (nSPS) is 13.8. The van der Waals surface area contributed by atoms with Crippen LogP contribution in [0.25, 0.3) is 0 Å². The predicted octanol–water partition coefficient (Wildman–Crippen LogP) is 3.53. The summed E-state index contributed by atoms with van der Waals surface area (Å²) >= 11 is 0. The van der Waals surface area contributed by atoms with Gasteiger partial charge in [-0.1, -0.05) is 19.1 Å². The molecule has 0 bridgehead atoms. The largest absolute Gasteiger partial charge is 0.312 e. The zero-order chi connectivity index (χ0) is 13.1. The van der Waals surface area contributed by atoms with Crippen molar-refractivity contribution in [2.45, 2.75) is 39.7 Å². The summed E-state index contributed by atoms with van der Waals surface area (Å²) < 4.78 is 26.5. The molecule has 0 fully saturated rings. The van der Waals surface area contributed by atoms with E-state index in [9.17, 15) is 8.78 Å². The minimum Gasteiger partial charge on any atom is -0.312 e. The van der Waals surface area contributed by atoms with E-state index in [1.807, 2.05) is 6.92 Å². The van der Waals surface area contributed by atoms with Gasteiger partial charge in [-0.25, -0.2) is 8.78 Å². The zero-order valence-corrected chi connectivity index (χ0v) is 11.0. The van der Waals surface area contributed by atoms with Gasteiger partial charge in [0.2, 0.25) is 0 Å². The van der Waals surface area contributed by atoms with Crippen molar-refractivity contribution in [1.82, 2.24) is 5.32 Å². The minimum absolute atomic E-state index is 0.0503. The molecule has 0 aliphatic rings. The Morgan fingerprint density at radius 3 is 2.47 bits per heavy atom. The molecule has 0 aromatic heterocycles. The summed E-state index contributed by atoms with van der Waals surface area (Å²) in [6.07, 6.45) is 0.548. The zero-order valence-electron chi connectivity index (χ0n) is 11.0.